The number of fused-ring (bicyclic) bond motifs is 5. The largest absolute Gasteiger partial charge is 0.498 e. The lowest BCUT2D eigenvalue weighted by molar-refractivity contribution is 0.00578. The smallest absolute Gasteiger partial charge is 0.456 e. The predicted molar refractivity (Wildman–Crippen MR) is 122 cm³/mol. The molecule has 0 aliphatic carbocycles. The zero-order valence-electron chi connectivity index (χ0n) is 17.9. The molecule has 3 heterocycles. The SMILES string of the molecule is CC1(C)OB(c2cccc3c2oc2ccc4oc(-c5ccccc5)nc4c23)OC1(C)C. The van der Waals surface area contributed by atoms with Gasteiger partial charge >= 0.3 is 7.12 Å². The van der Waals surface area contributed by atoms with Gasteiger partial charge in [-0.15, -0.1) is 0 Å². The molecule has 6 rings (SSSR count). The van der Waals surface area contributed by atoms with Gasteiger partial charge in [-0.25, -0.2) is 4.98 Å². The number of rotatable bonds is 2. The minimum Gasteiger partial charge on any atom is -0.456 e. The molecule has 0 atom stereocenters. The molecular formula is C25H22BNO4. The molecule has 0 bridgehead atoms. The fraction of sp³-hybridized carbons (Fsp3) is 0.240. The zero-order valence-corrected chi connectivity index (χ0v) is 17.9. The number of furan rings is 1. The number of para-hydroxylation sites is 1. The second-order valence-corrected chi connectivity index (χ2v) is 9.08. The van der Waals surface area contributed by atoms with E-state index < -0.39 is 18.3 Å². The van der Waals surface area contributed by atoms with Crippen LogP contribution in [-0.2, 0) is 9.31 Å². The van der Waals surface area contributed by atoms with Gasteiger partial charge in [-0.1, -0.05) is 36.4 Å². The van der Waals surface area contributed by atoms with Gasteiger partial charge in [0.05, 0.1) is 16.6 Å². The zero-order chi connectivity index (χ0) is 21.4. The van der Waals surface area contributed by atoms with Crippen molar-refractivity contribution in [2.24, 2.45) is 0 Å². The van der Waals surface area contributed by atoms with E-state index in [-0.39, 0.29) is 0 Å². The first-order valence-corrected chi connectivity index (χ1v) is 10.5. The van der Waals surface area contributed by atoms with Gasteiger partial charge in [-0.2, -0.15) is 0 Å². The molecule has 1 fully saturated rings. The first kappa shape index (κ1) is 18.7. The second kappa shape index (κ2) is 6.22. The van der Waals surface area contributed by atoms with Crippen molar-refractivity contribution in [3.8, 4) is 11.5 Å². The van der Waals surface area contributed by atoms with Crippen LogP contribution in [0, 0.1) is 0 Å². The first-order valence-electron chi connectivity index (χ1n) is 10.5. The van der Waals surface area contributed by atoms with Crippen LogP contribution in [0.15, 0.2) is 69.5 Å². The van der Waals surface area contributed by atoms with Crippen molar-refractivity contribution < 1.29 is 18.1 Å². The fourth-order valence-electron chi connectivity index (χ4n) is 4.16. The van der Waals surface area contributed by atoms with Crippen LogP contribution < -0.4 is 5.46 Å². The second-order valence-electron chi connectivity index (χ2n) is 9.08. The highest BCUT2D eigenvalue weighted by Gasteiger charge is 2.52. The molecule has 0 spiro atoms. The van der Waals surface area contributed by atoms with Gasteiger partial charge in [0.2, 0.25) is 5.89 Å². The Hall–Kier alpha value is -3.09. The molecule has 0 amide bonds. The van der Waals surface area contributed by atoms with E-state index in [4.69, 9.17) is 23.1 Å². The molecule has 1 saturated heterocycles. The molecule has 0 saturated carbocycles. The Morgan fingerprint density at radius 2 is 1.45 bits per heavy atom. The molecule has 1 aliphatic heterocycles. The summed E-state index contributed by atoms with van der Waals surface area (Å²) in [6, 6.07) is 19.8. The summed E-state index contributed by atoms with van der Waals surface area (Å²) >= 11 is 0. The third-order valence-corrected chi connectivity index (χ3v) is 6.58. The van der Waals surface area contributed by atoms with Crippen LogP contribution in [0.25, 0.3) is 44.5 Å². The molecule has 5 nitrogen and oxygen atoms in total. The number of hydrogen-bond donors (Lipinski definition) is 0. The number of benzene rings is 3. The third kappa shape index (κ3) is 2.68. The normalized spacial score (nSPS) is 17.9. The maximum Gasteiger partial charge on any atom is 0.498 e. The van der Waals surface area contributed by atoms with E-state index in [1.165, 1.54) is 0 Å². The summed E-state index contributed by atoms with van der Waals surface area (Å²) in [5, 5.41) is 1.91. The van der Waals surface area contributed by atoms with Gasteiger partial charge in [-0.05, 0) is 52.0 Å². The summed E-state index contributed by atoms with van der Waals surface area (Å²) in [7, 11) is -0.498. The maximum atomic E-state index is 6.31. The molecule has 0 N–H and O–H groups in total. The Balaban J connectivity index is 1.56. The summed E-state index contributed by atoms with van der Waals surface area (Å²) in [6.07, 6.45) is 0. The van der Waals surface area contributed by atoms with Gasteiger partial charge in [0, 0.05) is 16.4 Å². The van der Waals surface area contributed by atoms with Crippen LogP contribution >= 0.6 is 0 Å². The topological polar surface area (TPSA) is 57.6 Å². The van der Waals surface area contributed by atoms with E-state index in [1.807, 2.05) is 60.7 Å². The highest BCUT2D eigenvalue weighted by Crippen LogP contribution is 2.39. The fourth-order valence-corrected chi connectivity index (χ4v) is 4.16. The van der Waals surface area contributed by atoms with Crippen molar-refractivity contribution in [3.63, 3.8) is 0 Å². The molecule has 5 aromatic rings. The Morgan fingerprint density at radius 1 is 0.742 bits per heavy atom. The molecule has 6 heteroatoms. The van der Waals surface area contributed by atoms with Crippen LogP contribution in [0.3, 0.4) is 0 Å². The van der Waals surface area contributed by atoms with Gasteiger partial charge in [0.1, 0.15) is 16.7 Å². The molecule has 154 valence electrons. The minimum atomic E-state index is -0.498. The van der Waals surface area contributed by atoms with Gasteiger partial charge in [-0.3, -0.25) is 0 Å². The number of hydrogen-bond acceptors (Lipinski definition) is 5. The van der Waals surface area contributed by atoms with Crippen molar-refractivity contribution in [1.82, 2.24) is 4.98 Å². The number of nitrogens with zero attached hydrogens (tertiary/aromatic N) is 1. The summed E-state index contributed by atoms with van der Waals surface area (Å²) in [6.45, 7) is 8.21. The van der Waals surface area contributed by atoms with Gasteiger partial charge < -0.3 is 18.1 Å². The van der Waals surface area contributed by atoms with E-state index in [0.29, 0.717) is 5.89 Å². The molecule has 0 radical (unpaired) electrons. The molecular weight excluding hydrogens is 389 g/mol. The van der Waals surface area contributed by atoms with Gasteiger partial charge in [0.25, 0.3) is 0 Å². The van der Waals surface area contributed by atoms with E-state index in [2.05, 4.69) is 27.7 Å². The van der Waals surface area contributed by atoms with E-state index >= 15 is 0 Å². The summed E-state index contributed by atoms with van der Waals surface area (Å²) in [5.74, 6) is 0.597. The van der Waals surface area contributed by atoms with Crippen molar-refractivity contribution >= 4 is 45.6 Å². The quantitative estimate of drug-likeness (QED) is 0.349. The minimum absolute atomic E-state index is 0.421. The molecule has 31 heavy (non-hydrogen) atoms. The van der Waals surface area contributed by atoms with Crippen molar-refractivity contribution in [1.29, 1.82) is 0 Å². The van der Waals surface area contributed by atoms with Crippen LogP contribution in [0.5, 0.6) is 0 Å². The highest BCUT2D eigenvalue weighted by molar-refractivity contribution is 6.65. The van der Waals surface area contributed by atoms with Crippen molar-refractivity contribution in [2.75, 3.05) is 0 Å². The average molecular weight is 411 g/mol. The van der Waals surface area contributed by atoms with Crippen LogP contribution in [0.2, 0.25) is 0 Å². The highest BCUT2D eigenvalue weighted by atomic mass is 16.7. The van der Waals surface area contributed by atoms with Crippen molar-refractivity contribution in [2.45, 2.75) is 38.9 Å². The summed E-state index contributed by atoms with van der Waals surface area (Å²) in [4.78, 5) is 4.82. The van der Waals surface area contributed by atoms with Crippen molar-refractivity contribution in [3.05, 3.63) is 60.7 Å². The molecule has 2 aromatic heterocycles. The maximum absolute atomic E-state index is 6.31. The Bertz CT molecular complexity index is 1430. The number of oxazole rings is 1. The van der Waals surface area contributed by atoms with E-state index in [1.54, 1.807) is 0 Å². The van der Waals surface area contributed by atoms with E-state index in [9.17, 15) is 0 Å². The molecule has 1 aliphatic rings. The Labute approximate surface area is 180 Å². The predicted octanol–water partition coefficient (Wildman–Crippen LogP) is 5.69. The van der Waals surface area contributed by atoms with Crippen LogP contribution in [-0.4, -0.2) is 23.3 Å². The first-order chi connectivity index (χ1) is 14.8. The molecule has 3 aromatic carbocycles. The lowest BCUT2D eigenvalue weighted by atomic mass is 9.78. The lowest BCUT2D eigenvalue weighted by Crippen LogP contribution is -2.41. The average Bonchev–Trinajstić information content (AvgIpc) is 3.39. The summed E-state index contributed by atoms with van der Waals surface area (Å²) < 4.78 is 25.0. The third-order valence-electron chi connectivity index (χ3n) is 6.58. The van der Waals surface area contributed by atoms with Crippen LogP contribution in [0.4, 0.5) is 0 Å². The number of aromatic nitrogens is 1. The monoisotopic (exact) mass is 411 g/mol. The van der Waals surface area contributed by atoms with Crippen LogP contribution in [0.1, 0.15) is 27.7 Å². The Morgan fingerprint density at radius 3 is 2.19 bits per heavy atom. The standard InChI is InChI=1S/C25H22BNO4/c1-24(2)25(3,4)31-26(30-24)17-12-8-11-16-20-18(28-22(16)17)13-14-19-21(20)27-23(29-19)15-9-6-5-7-10-15/h5-14H,1-4H3. The lowest BCUT2D eigenvalue weighted by Gasteiger charge is -2.32. The Kier molecular flexibility index (Phi) is 3.74. The van der Waals surface area contributed by atoms with E-state index in [0.717, 1.165) is 44.1 Å². The summed E-state index contributed by atoms with van der Waals surface area (Å²) in [5.41, 5.74) is 4.03. The van der Waals surface area contributed by atoms with Gasteiger partial charge in [0.15, 0.2) is 5.58 Å². The molecule has 0 unspecified atom stereocenters.